The molecular formula is C30H29Cl2N3O3. The van der Waals surface area contributed by atoms with Crippen molar-refractivity contribution >= 4 is 34.8 Å². The zero-order chi connectivity index (χ0) is 27.3. The van der Waals surface area contributed by atoms with Crippen LogP contribution in [0.5, 0.6) is 5.75 Å². The predicted octanol–water partition coefficient (Wildman–Crippen LogP) is 7.31. The number of aliphatic hydroxyl groups is 1. The quantitative estimate of drug-likeness (QED) is 0.274. The van der Waals surface area contributed by atoms with E-state index in [2.05, 4.69) is 18.4 Å². The van der Waals surface area contributed by atoms with Crippen molar-refractivity contribution in [3.63, 3.8) is 0 Å². The van der Waals surface area contributed by atoms with Gasteiger partial charge >= 0.3 is 0 Å². The molecule has 0 spiro atoms. The van der Waals surface area contributed by atoms with Crippen LogP contribution in [0.3, 0.4) is 0 Å². The summed E-state index contributed by atoms with van der Waals surface area (Å²) in [5, 5.41) is 11.0. The highest BCUT2D eigenvalue weighted by Gasteiger charge is 2.45. The molecule has 0 bridgehead atoms. The van der Waals surface area contributed by atoms with E-state index in [-0.39, 0.29) is 18.6 Å². The van der Waals surface area contributed by atoms with Crippen LogP contribution in [0.25, 0.3) is 11.4 Å². The van der Waals surface area contributed by atoms with E-state index >= 15 is 0 Å². The molecule has 0 aliphatic carbocycles. The summed E-state index contributed by atoms with van der Waals surface area (Å²) in [6.07, 6.45) is 0. The molecule has 1 aliphatic heterocycles. The van der Waals surface area contributed by atoms with Gasteiger partial charge in [-0.3, -0.25) is 9.69 Å². The van der Waals surface area contributed by atoms with Gasteiger partial charge in [0.2, 0.25) is 0 Å². The number of nitrogens with zero attached hydrogens (tertiary/aromatic N) is 3. The van der Waals surface area contributed by atoms with Crippen LogP contribution < -0.4 is 9.64 Å². The first kappa shape index (κ1) is 26.3. The third-order valence-corrected chi connectivity index (χ3v) is 7.52. The van der Waals surface area contributed by atoms with Crippen LogP contribution in [0.2, 0.25) is 10.0 Å². The van der Waals surface area contributed by atoms with Crippen LogP contribution in [0.4, 0.5) is 5.69 Å². The van der Waals surface area contributed by atoms with Gasteiger partial charge in [0, 0.05) is 21.8 Å². The number of aromatic nitrogens is 2. The molecule has 8 heteroatoms. The van der Waals surface area contributed by atoms with Crippen LogP contribution in [-0.2, 0) is 6.61 Å². The van der Waals surface area contributed by atoms with Crippen LogP contribution in [0.1, 0.15) is 64.4 Å². The molecule has 5 rings (SSSR count). The Bertz CT molecular complexity index is 1560. The highest BCUT2D eigenvalue weighted by Crippen LogP contribution is 2.47. The van der Waals surface area contributed by atoms with Crippen molar-refractivity contribution in [3.8, 4) is 17.1 Å². The first-order valence-corrected chi connectivity index (χ1v) is 13.2. The van der Waals surface area contributed by atoms with Gasteiger partial charge in [0.1, 0.15) is 17.6 Å². The van der Waals surface area contributed by atoms with Gasteiger partial charge in [-0.15, -0.1) is 0 Å². The molecule has 0 radical (unpaired) electrons. The van der Waals surface area contributed by atoms with Crippen molar-refractivity contribution in [3.05, 3.63) is 98.3 Å². The molecule has 1 amide bonds. The van der Waals surface area contributed by atoms with Gasteiger partial charge < -0.3 is 14.4 Å². The lowest BCUT2D eigenvalue weighted by atomic mass is 9.97. The normalized spacial score (nSPS) is 14.9. The minimum atomic E-state index is -0.456. The molecule has 1 N–H and O–H groups in total. The van der Waals surface area contributed by atoms with Gasteiger partial charge in [-0.2, -0.15) is 0 Å². The summed E-state index contributed by atoms with van der Waals surface area (Å²) in [5.41, 5.74) is 6.19. The van der Waals surface area contributed by atoms with Crippen LogP contribution in [-0.4, -0.2) is 27.7 Å². The summed E-state index contributed by atoms with van der Waals surface area (Å²) in [4.78, 5) is 21.0. The van der Waals surface area contributed by atoms with E-state index in [4.69, 9.17) is 32.9 Å². The number of aliphatic hydroxyl groups excluding tert-OH is 1. The number of benzene rings is 3. The molecule has 0 saturated carbocycles. The summed E-state index contributed by atoms with van der Waals surface area (Å²) >= 11 is 12.7. The van der Waals surface area contributed by atoms with Crippen molar-refractivity contribution in [2.75, 3.05) is 12.0 Å². The average Bonchev–Trinajstić information content (AvgIpc) is 3.40. The first-order valence-electron chi connectivity index (χ1n) is 12.4. The van der Waals surface area contributed by atoms with Crippen molar-refractivity contribution < 1.29 is 14.6 Å². The largest absolute Gasteiger partial charge is 0.496 e. The molecule has 1 aromatic heterocycles. The van der Waals surface area contributed by atoms with E-state index in [1.165, 1.54) is 0 Å². The van der Waals surface area contributed by atoms with Crippen LogP contribution in [0.15, 0.2) is 54.6 Å². The third-order valence-electron chi connectivity index (χ3n) is 7.05. The summed E-state index contributed by atoms with van der Waals surface area (Å²) < 4.78 is 7.77. The minimum Gasteiger partial charge on any atom is -0.496 e. The van der Waals surface area contributed by atoms with Crippen molar-refractivity contribution in [1.82, 2.24) is 9.55 Å². The number of halogens is 2. The van der Waals surface area contributed by atoms with Gasteiger partial charge in [0.15, 0.2) is 5.69 Å². The fourth-order valence-electron chi connectivity index (χ4n) is 5.28. The molecule has 2 heterocycles. The molecule has 0 fully saturated rings. The summed E-state index contributed by atoms with van der Waals surface area (Å²) in [6.45, 7) is 7.98. The number of methoxy groups -OCH3 is 1. The molecule has 6 nitrogen and oxygen atoms in total. The second-order valence-corrected chi connectivity index (χ2v) is 10.7. The number of hydrogen-bond acceptors (Lipinski definition) is 4. The molecule has 0 saturated heterocycles. The Balaban J connectivity index is 1.83. The van der Waals surface area contributed by atoms with E-state index in [0.717, 1.165) is 33.6 Å². The third kappa shape index (κ3) is 4.27. The Hall–Kier alpha value is -3.32. The number of carbonyl (C=O) groups excluding carboxylic acids is 1. The number of amides is 1. The molecule has 0 unspecified atom stereocenters. The maximum Gasteiger partial charge on any atom is 0.279 e. The van der Waals surface area contributed by atoms with Crippen LogP contribution in [0, 0.1) is 13.8 Å². The Kier molecular flexibility index (Phi) is 6.99. The smallest absolute Gasteiger partial charge is 0.279 e. The summed E-state index contributed by atoms with van der Waals surface area (Å²) in [7, 11) is 1.60. The average molecular weight is 550 g/mol. The molecular weight excluding hydrogens is 521 g/mol. The van der Waals surface area contributed by atoms with Gasteiger partial charge in [-0.25, -0.2) is 4.98 Å². The van der Waals surface area contributed by atoms with Crippen LogP contribution >= 0.6 is 23.2 Å². The maximum atomic E-state index is 14.2. The zero-order valence-corrected chi connectivity index (χ0v) is 23.4. The standard InChI is InChI=1S/C30H29Cl2N3O3/c1-16(2)34-28-26(33-29(34)23-13-19(15-36)7-11-25(23)38-5)30(37)35(24-14-21(32)8-6-17(24)3)27(28)22-10-9-20(31)12-18(22)4/h6-14,16,27,36H,15H2,1-5H3/t27-/m0/s1. The van der Waals surface area contributed by atoms with Gasteiger partial charge in [-0.05, 0) is 86.3 Å². The first-order chi connectivity index (χ1) is 18.2. The lowest BCUT2D eigenvalue weighted by Gasteiger charge is -2.30. The molecule has 4 aromatic rings. The number of ether oxygens (including phenoxy) is 1. The summed E-state index contributed by atoms with van der Waals surface area (Å²) in [6, 6.07) is 16.3. The number of fused-ring (bicyclic) bond motifs is 1. The molecule has 1 aliphatic rings. The highest BCUT2D eigenvalue weighted by molar-refractivity contribution is 6.31. The highest BCUT2D eigenvalue weighted by atomic mass is 35.5. The number of hydrogen-bond donors (Lipinski definition) is 1. The van der Waals surface area contributed by atoms with Crippen molar-refractivity contribution in [1.29, 1.82) is 0 Å². The van der Waals surface area contributed by atoms with E-state index in [1.54, 1.807) is 12.0 Å². The Morgan fingerprint density at radius 2 is 1.71 bits per heavy atom. The molecule has 38 heavy (non-hydrogen) atoms. The van der Waals surface area contributed by atoms with E-state index in [9.17, 15) is 9.90 Å². The van der Waals surface area contributed by atoms with E-state index < -0.39 is 6.04 Å². The molecule has 3 aromatic carbocycles. The lowest BCUT2D eigenvalue weighted by Crippen LogP contribution is -2.31. The number of aryl methyl sites for hydroxylation is 2. The van der Waals surface area contributed by atoms with E-state index in [0.29, 0.717) is 32.9 Å². The van der Waals surface area contributed by atoms with Gasteiger partial charge in [0.05, 0.1) is 25.0 Å². The summed E-state index contributed by atoms with van der Waals surface area (Å²) in [5.74, 6) is 1.02. The monoisotopic (exact) mass is 549 g/mol. The van der Waals surface area contributed by atoms with Crippen molar-refractivity contribution in [2.24, 2.45) is 0 Å². The fraction of sp³-hybridized carbons (Fsp3) is 0.267. The minimum absolute atomic E-state index is 0.0351. The van der Waals surface area contributed by atoms with Gasteiger partial charge in [-0.1, -0.05) is 41.4 Å². The topological polar surface area (TPSA) is 67.6 Å². The number of rotatable bonds is 6. The fourth-order valence-corrected chi connectivity index (χ4v) is 5.67. The maximum absolute atomic E-state index is 14.2. The lowest BCUT2D eigenvalue weighted by molar-refractivity contribution is 0.0989. The Morgan fingerprint density at radius 1 is 1.00 bits per heavy atom. The molecule has 1 atom stereocenters. The second kappa shape index (κ2) is 10.1. The molecule has 196 valence electrons. The number of imidazole rings is 1. The Morgan fingerprint density at radius 3 is 2.37 bits per heavy atom. The number of carbonyl (C=O) groups is 1. The van der Waals surface area contributed by atoms with Gasteiger partial charge in [0.25, 0.3) is 5.91 Å². The number of anilines is 1. The second-order valence-electron chi connectivity index (χ2n) is 9.84. The predicted molar refractivity (Wildman–Crippen MR) is 152 cm³/mol. The SMILES string of the molecule is COc1ccc(CO)cc1-c1nc2c(n1C(C)C)[C@H](c1ccc(Cl)cc1C)N(c1cc(Cl)ccc1C)C2=O. The van der Waals surface area contributed by atoms with Crippen molar-refractivity contribution in [2.45, 2.75) is 46.4 Å². The van der Waals surface area contributed by atoms with E-state index in [1.807, 2.05) is 68.4 Å². The zero-order valence-electron chi connectivity index (χ0n) is 21.9. The Labute approximate surface area is 232 Å².